The van der Waals surface area contributed by atoms with Gasteiger partial charge in [0.15, 0.2) is 4.67 Å². The van der Waals surface area contributed by atoms with Gasteiger partial charge in [-0.2, -0.15) is 0 Å². The van der Waals surface area contributed by atoms with Crippen LogP contribution in [0.15, 0.2) is 39.7 Å². The van der Waals surface area contributed by atoms with Crippen LogP contribution < -0.4 is 11.3 Å². The molecule has 2 aromatic rings. The Balaban J connectivity index is 2.36. The van der Waals surface area contributed by atoms with E-state index in [0.717, 1.165) is 6.20 Å². The van der Waals surface area contributed by atoms with Crippen LogP contribution in [0.1, 0.15) is 17.4 Å². The van der Waals surface area contributed by atoms with Gasteiger partial charge in [0.25, 0.3) is 0 Å². The van der Waals surface area contributed by atoms with Crippen molar-refractivity contribution < 1.29 is 8.81 Å². The first-order valence-electron chi connectivity index (χ1n) is 4.52. The van der Waals surface area contributed by atoms with Gasteiger partial charge >= 0.3 is 0 Å². The lowest BCUT2D eigenvalue weighted by Crippen LogP contribution is -2.28. The number of aromatic nitrogens is 1. The van der Waals surface area contributed by atoms with Crippen LogP contribution in [0.25, 0.3) is 0 Å². The highest BCUT2D eigenvalue weighted by Crippen LogP contribution is 2.25. The Kier molecular flexibility index (Phi) is 3.33. The molecule has 0 bridgehead atoms. The summed E-state index contributed by atoms with van der Waals surface area (Å²) in [6, 6.07) is 4.43. The lowest BCUT2D eigenvalue weighted by atomic mass is 10.1. The van der Waals surface area contributed by atoms with Gasteiger partial charge in [-0.3, -0.25) is 10.8 Å². The zero-order chi connectivity index (χ0) is 11.5. The molecule has 0 aliphatic rings. The molecule has 1 atom stereocenters. The fourth-order valence-corrected chi connectivity index (χ4v) is 1.73. The maximum atomic E-state index is 13.0. The quantitative estimate of drug-likeness (QED) is 0.670. The molecular formula is C10H9BrFN3O. The minimum absolute atomic E-state index is 0.414. The number of nitrogens with two attached hydrogens (primary N) is 1. The smallest absolute Gasteiger partial charge is 0.169 e. The third kappa shape index (κ3) is 2.29. The molecule has 0 saturated heterocycles. The number of hydrazine groups is 1. The zero-order valence-electron chi connectivity index (χ0n) is 8.15. The van der Waals surface area contributed by atoms with Crippen LogP contribution in [-0.4, -0.2) is 4.98 Å². The largest absolute Gasteiger partial charge is 0.452 e. The highest BCUT2D eigenvalue weighted by atomic mass is 79.9. The average Bonchev–Trinajstić information content (AvgIpc) is 2.66. The summed E-state index contributed by atoms with van der Waals surface area (Å²) >= 11 is 3.19. The van der Waals surface area contributed by atoms with Gasteiger partial charge in [-0.15, -0.1) is 0 Å². The standard InChI is InChI=1S/C10H9BrFN3O/c11-9-2-1-8(16-9)10(15-13)6-3-7(12)5-14-4-6/h1-5,10,15H,13H2. The first-order chi connectivity index (χ1) is 7.70. The van der Waals surface area contributed by atoms with Gasteiger partial charge in [0, 0.05) is 6.20 Å². The van der Waals surface area contributed by atoms with E-state index in [9.17, 15) is 4.39 Å². The molecule has 6 heteroatoms. The van der Waals surface area contributed by atoms with Gasteiger partial charge in [-0.1, -0.05) is 0 Å². The van der Waals surface area contributed by atoms with E-state index in [4.69, 9.17) is 10.3 Å². The van der Waals surface area contributed by atoms with Crippen molar-refractivity contribution >= 4 is 15.9 Å². The van der Waals surface area contributed by atoms with Crippen LogP contribution in [-0.2, 0) is 0 Å². The summed E-state index contributed by atoms with van der Waals surface area (Å²) in [6.07, 6.45) is 2.67. The van der Waals surface area contributed by atoms with Crippen molar-refractivity contribution in [2.45, 2.75) is 6.04 Å². The van der Waals surface area contributed by atoms with Crippen LogP contribution >= 0.6 is 15.9 Å². The van der Waals surface area contributed by atoms with Gasteiger partial charge in [0.1, 0.15) is 17.6 Å². The average molecular weight is 286 g/mol. The molecule has 0 aliphatic heterocycles. The minimum atomic E-state index is -0.422. The van der Waals surface area contributed by atoms with Crippen LogP contribution in [0.5, 0.6) is 0 Å². The van der Waals surface area contributed by atoms with Crippen molar-refractivity contribution in [3.63, 3.8) is 0 Å². The van der Waals surface area contributed by atoms with E-state index >= 15 is 0 Å². The molecular weight excluding hydrogens is 277 g/mol. The summed E-state index contributed by atoms with van der Waals surface area (Å²) in [5.41, 5.74) is 3.16. The van der Waals surface area contributed by atoms with E-state index in [0.29, 0.717) is 16.0 Å². The SMILES string of the molecule is NNC(c1cncc(F)c1)c1ccc(Br)o1. The van der Waals surface area contributed by atoms with Crippen molar-refractivity contribution in [2.75, 3.05) is 0 Å². The van der Waals surface area contributed by atoms with E-state index in [1.54, 1.807) is 12.1 Å². The Bertz CT molecular complexity index is 488. The third-order valence-corrected chi connectivity index (χ3v) is 2.53. The first kappa shape index (κ1) is 11.3. The Morgan fingerprint density at radius 2 is 2.25 bits per heavy atom. The van der Waals surface area contributed by atoms with Gasteiger partial charge in [0.05, 0.1) is 6.20 Å². The topological polar surface area (TPSA) is 64.1 Å². The van der Waals surface area contributed by atoms with Crippen molar-refractivity contribution in [1.29, 1.82) is 0 Å². The molecule has 1 unspecified atom stereocenters. The van der Waals surface area contributed by atoms with E-state index in [-0.39, 0.29) is 0 Å². The van der Waals surface area contributed by atoms with Crippen molar-refractivity contribution in [3.8, 4) is 0 Å². The van der Waals surface area contributed by atoms with E-state index in [1.807, 2.05) is 0 Å². The van der Waals surface area contributed by atoms with Gasteiger partial charge in [-0.25, -0.2) is 9.82 Å². The second kappa shape index (κ2) is 4.73. The summed E-state index contributed by atoms with van der Waals surface area (Å²) in [5.74, 6) is 5.59. The number of pyridine rings is 1. The van der Waals surface area contributed by atoms with E-state index < -0.39 is 11.9 Å². The Morgan fingerprint density at radius 3 is 2.81 bits per heavy atom. The number of nitrogens with zero attached hydrogens (tertiary/aromatic N) is 1. The van der Waals surface area contributed by atoms with Crippen LogP contribution in [0.2, 0.25) is 0 Å². The number of rotatable bonds is 3. The Labute approximate surface area is 99.8 Å². The fourth-order valence-electron chi connectivity index (χ4n) is 1.41. The maximum Gasteiger partial charge on any atom is 0.169 e. The van der Waals surface area contributed by atoms with E-state index in [2.05, 4.69) is 26.3 Å². The molecule has 2 rings (SSSR count). The molecule has 0 fully saturated rings. The molecule has 84 valence electrons. The van der Waals surface area contributed by atoms with Gasteiger partial charge < -0.3 is 4.42 Å². The highest BCUT2D eigenvalue weighted by Gasteiger charge is 2.16. The molecule has 0 aromatic carbocycles. The molecule has 0 saturated carbocycles. The number of hydrogen-bond donors (Lipinski definition) is 2. The van der Waals surface area contributed by atoms with Gasteiger partial charge in [-0.05, 0) is 39.7 Å². The molecule has 2 aromatic heterocycles. The van der Waals surface area contributed by atoms with Crippen LogP contribution in [0.4, 0.5) is 4.39 Å². The number of halogens is 2. The second-order valence-electron chi connectivity index (χ2n) is 3.18. The molecule has 2 heterocycles. The summed E-state index contributed by atoms with van der Waals surface area (Å²) < 4.78 is 19.0. The van der Waals surface area contributed by atoms with Crippen LogP contribution in [0, 0.1) is 5.82 Å². The third-order valence-electron chi connectivity index (χ3n) is 2.10. The summed E-state index contributed by atoms with van der Waals surface area (Å²) in [4.78, 5) is 3.76. The molecule has 3 N–H and O–H groups in total. The Hall–Kier alpha value is -1.24. The van der Waals surface area contributed by atoms with Crippen molar-refractivity contribution in [2.24, 2.45) is 5.84 Å². The number of nitrogens with one attached hydrogen (secondary N) is 1. The van der Waals surface area contributed by atoms with Gasteiger partial charge in [0.2, 0.25) is 0 Å². The number of furan rings is 1. The normalized spacial score (nSPS) is 12.7. The van der Waals surface area contributed by atoms with Crippen LogP contribution in [0.3, 0.4) is 0 Å². The zero-order valence-corrected chi connectivity index (χ0v) is 9.74. The highest BCUT2D eigenvalue weighted by molar-refractivity contribution is 9.10. The molecule has 16 heavy (non-hydrogen) atoms. The van der Waals surface area contributed by atoms with E-state index in [1.165, 1.54) is 12.3 Å². The predicted molar refractivity (Wildman–Crippen MR) is 59.8 cm³/mol. The lowest BCUT2D eigenvalue weighted by Gasteiger charge is -2.12. The molecule has 0 amide bonds. The molecule has 0 aliphatic carbocycles. The summed E-state index contributed by atoms with van der Waals surface area (Å²) in [6.45, 7) is 0. The maximum absolute atomic E-state index is 13.0. The molecule has 4 nitrogen and oxygen atoms in total. The summed E-state index contributed by atoms with van der Waals surface area (Å²) in [5, 5.41) is 0. The molecule has 0 spiro atoms. The number of hydrogen-bond acceptors (Lipinski definition) is 4. The summed E-state index contributed by atoms with van der Waals surface area (Å²) in [7, 11) is 0. The minimum Gasteiger partial charge on any atom is -0.452 e. The Morgan fingerprint density at radius 1 is 1.44 bits per heavy atom. The van der Waals surface area contributed by atoms with Crippen molar-refractivity contribution in [1.82, 2.24) is 10.4 Å². The fraction of sp³-hybridized carbons (Fsp3) is 0.100. The molecule has 0 radical (unpaired) electrons. The first-order valence-corrected chi connectivity index (χ1v) is 5.32. The predicted octanol–water partition coefficient (Wildman–Crippen LogP) is 2.13. The lowest BCUT2D eigenvalue weighted by molar-refractivity contribution is 0.436. The monoisotopic (exact) mass is 285 g/mol. The van der Waals surface area contributed by atoms with Crippen molar-refractivity contribution in [3.05, 3.63) is 52.4 Å². The second-order valence-corrected chi connectivity index (χ2v) is 3.96.